The summed E-state index contributed by atoms with van der Waals surface area (Å²) in [4.78, 5) is 0. The third-order valence-electron chi connectivity index (χ3n) is 2.16. The van der Waals surface area contributed by atoms with Crippen molar-refractivity contribution in [1.29, 1.82) is 0 Å². The van der Waals surface area contributed by atoms with Gasteiger partial charge in [0.05, 0.1) is 0 Å². The van der Waals surface area contributed by atoms with Crippen molar-refractivity contribution < 1.29 is 4.57 Å². The molecule has 0 N–H and O–H groups in total. The van der Waals surface area contributed by atoms with Crippen LogP contribution in [0.4, 0.5) is 0 Å². The second-order valence-electron chi connectivity index (χ2n) is 4.10. The van der Waals surface area contributed by atoms with Crippen LogP contribution in [0.25, 0.3) is 0 Å². The lowest BCUT2D eigenvalue weighted by molar-refractivity contribution is 0.588. The maximum Gasteiger partial charge on any atom is 0.109 e. The quantitative estimate of drug-likeness (QED) is 0.664. The van der Waals surface area contributed by atoms with Gasteiger partial charge in [0.25, 0.3) is 0 Å². The fourth-order valence-electron chi connectivity index (χ4n) is 1.22. The predicted octanol–water partition coefficient (Wildman–Crippen LogP) is 3.06. The summed E-state index contributed by atoms with van der Waals surface area (Å²) in [7, 11) is -2.08. The van der Waals surface area contributed by atoms with E-state index in [1.54, 1.807) is 0 Å². The zero-order valence-electron chi connectivity index (χ0n) is 8.74. The highest BCUT2D eigenvalue weighted by Gasteiger charge is 2.11. The Morgan fingerprint density at radius 2 is 1.85 bits per heavy atom. The summed E-state index contributed by atoms with van der Waals surface area (Å²) in [6, 6.07) is 8.09. The first-order valence-electron chi connectivity index (χ1n) is 4.57. The molecule has 0 saturated heterocycles. The minimum absolute atomic E-state index is 0.506. The van der Waals surface area contributed by atoms with Crippen molar-refractivity contribution in [1.82, 2.24) is 0 Å². The molecule has 0 unspecified atom stereocenters. The van der Waals surface area contributed by atoms with Gasteiger partial charge in [-0.05, 0) is 30.9 Å². The van der Waals surface area contributed by atoms with E-state index in [1.807, 2.05) is 25.5 Å². The van der Waals surface area contributed by atoms with E-state index in [1.165, 1.54) is 5.56 Å². The van der Waals surface area contributed by atoms with Crippen molar-refractivity contribution in [2.24, 2.45) is 0 Å². The molecule has 0 aliphatic carbocycles. The van der Waals surface area contributed by atoms with E-state index in [-0.39, 0.29) is 0 Å². The Morgan fingerprint density at radius 1 is 1.23 bits per heavy atom. The van der Waals surface area contributed by atoms with E-state index in [4.69, 9.17) is 0 Å². The fourth-order valence-corrected chi connectivity index (χ4v) is 2.12. The van der Waals surface area contributed by atoms with Gasteiger partial charge in [0.2, 0.25) is 0 Å². The smallest absolute Gasteiger partial charge is 0.109 e. The van der Waals surface area contributed by atoms with E-state index in [0.29, 0.717) is 5.92 Å². The lowest BCUT2D eigenvalue weighted by atomic mass is 10.0. The molecule has 0 spiro atoms. The third-order valence-corrected chi connectivity index (χ3v) is 3.68. The molecule has 1 rings (SSSR count). The first-order valence-corrected chi connectivity index (χ1v) is 7.17. The molecule has 0 atom stereocenters. The molecule has 1 aromatic rings. The second-order valence-corrected chi connectivity index (χ2v) is 7.32. The van der Waals surface area contributed by atoms with Gasteiger partial charge in [0.1, 0.15) is 7.14 Å². The summed E-state index contributed by atoms with van der Waals surface area (Å²) in [5.41, 5.74) is 1.27. The SMILES string of the molecule is CC(C)c1cccc(P(C)(C)=O)c1. The minimum atomic E-state index is -2.08. The molecule has 0 saturated carbocycles. The molecule has 2 heteroatoms. The van der Waals surface area contributed by atoms with Gasteiger partial charge in [0, 0.05) is 5.30 Å². The molecule has 0 heterocycles. The second kappa shape index (κ2) is 3.67. The summed E-state index contributed by atoms with van der Waals surface area (Å²) in [6.45, 7) is 7.92. The van der Waals surface area contributed by atoms with Crippen LogP contribution in [0.1, 0.15) is 25.3 Å². The molecule has 0 radical (unpaired) electrons. The average Bonchev–Trinajstić information content (AvgIpc) is 2.03. The Bertz CT molecular complexity index is 336. The van der Waals surface area contributed by atoms with E-state index in [9.17, 15) is 4.57 Å². The summed E-state index contributed by atoms with van der Waals surface area (Å²) >= 11 is 0. The molecule has 0 amide bonds. The molecular formula is C11H17OP. The molecule has 0 aliphatic rings. The van der Waals surface area contributed by atoms with E-state index in [0.717, 1.165) is 5.30 Å². The number of hydrogen-bond donors (Lipinski definition) is 0. The van der Waals surface area contributed by atoms with Crippen molar-refractivity contribution in [3.63, 3.8) is 0 Å². The molecule has 0 fully saturated rings. The Hall–Kier alpha value is -0.550. The zero-order valence-corrected chi connectivity index (χ0v) is 9.64. The van der Waals surface area contributed by atoms with Crippen molar-refractivity contribution in [3.8, 4) is 0 Å². The highest BCUT2D eigenvalue weighted by molar-refractivity contribution is 7.70. The first-order chi connectivity index (χ1) is 5.91. The molecule has 72 valence electrons. The lowest BCUT2D eigenvalue weighted by Gasteiger charge is -2.10. The normalized spacial score (nSPS) is 12.1. The van der Waals surface area contributed by atoms with Crippen LogP contribution in [0.5, 0.6) is 0 Å². The number of benzene rings is 1. The third kappa shape index (κ3) is 2.70. The molecular weight excluding hydrogens is 179 g/mol. The van der Waals surface area contributed by atoms with Gasteiger partial charge in [-0.1, -0.05) is 32.0 Å². The Balaban J connectivity index is 3.13. The summed E-state index contributed by atoms with van der Waals surface area (Å²) in [6.07, 6.45) is 0. The van der Waals surface area contributed by atoms with Crippen molar-refractivity contribution in [2.45, 2.75) is 19.8 Å². The van der Waals surface area contributed by atoms with Gasteiger partial charge in [0.15, 0.2) is 0 Å². The molecule has 0 bridgehead atoms. The van der Waals surface area contributed by atoms with Gasteiger partial charge in [-0.2, -0.15) is 0 Å². The standard InChI is InChI=1S/C11H17OP/c1-9(2)10-6-5-7-11(8-10)13(3,4)12/h5-9H,1-4H3. The van der Waals surface area contributed by atoms with E-state index < -0.39 is 7.14 Å². The summed E-state index contributed by atoms with van der Waals surface area (Å²) in [5.74, 6) is 0.506. The molecule has 0 aromatic heterocycles. The molecule has 13 heavy (non-hydrogen) atoms. The minimum Gasteiger partial charge on any atom is -0.319 e. The van der Waals surface area contributed by atoms with Gasteiger partial charge >= 0.3 is 0 Å². The lowest BCUT2D eigenvalue weighted by Crippen LogP contribution is -2.04. The van der Waals surface area contributed by atoms with Crippen LogP contribution in [0, 0.1) is 0 Å². The van der Waals surface area contributed by atoms with Crippen LogP contribution in [0.3, 0.4) is 0 Å². The van der Waals surface area contributed by atoms with E-state index >= 15 is 0 Å². The summed E-state index contributed by atoms with van der Waals surface area (Å²) in [5, 5.41) is 0.985. The van der Waals surface area contributed by atoms with Crippen LogP contribution in [-0.2, 0) is 4.57 Å². The summed E-state index contributed by atoms with van der Waals surface area (Å²) < 4.78 is 11.8. The Labute approximate surface area is 80.5 Å². The van der Waals surface area contributed by atoms with E-state index in [2.05, 4.69) is 26.0 Å². The Morgan fingerprint density at radius 3 is 2.31 bits per heavy atom. The van der Waals surface area contributed by atoms with Crippen LogP contribution in [0.15, 0.2) is 24.3 Å². The average molecular weight is 196 g/mol. The largest absolute Gasteiger partial charge is 0.319 e. The topological polar surface area (TPSA) is 17.1 Å². The van der Waals surface area contributed by atoms with Crippen LogP contribution >= 0.6 is 7.14 Å². The van der Waals surface area contributed by atoms with Crippen LogP contribution < -0.4 is 5.30 Å². The van der Waals surface area contributed by atoms with Gasteiger partial charge < -0.3 is 4.57 Å². The van der Waals surface area contributed by atoms with Crippen LogP contribution in [-0.4, -0.2) is 13.3 Å². The fraction of sp³-hybridized carbons (Fsp3) is 0.455. The first kappa shape index (κ1) is 10.5. The Kier molecular flexibility index (Phi) is 2.98. The number of hydrogen-bond acceptors (Lipinski definition) is 1. The highest BCUT2D eigenvalue weighted by atomic mass is 31.2. The van der Waals surface area contributed by atoms with Gasteiger partial charge in [-0.25, -0.2) is 0 Å². The van der Waals surface area contributed by atoms with Gasteiger partial charge in [-0.3, -0.25) is 0 Å². The van der Waals surface area contributed by atoms with Crippen molar-refractivity contribution in [2.75, 3.05) is 13.3 Å². The predicted molar refractivity (Wildman–Crippen MR) is 59.6 cm³/mol. The highest BCUT2D eigenvalue weighted by Crippen LogP contribution is 2.35. The molecule has 1 aromatic carbocycles. The number of rotatable bonds is 2. The monoisotopic (exact) mass is 196 g/mol. The van der Waals surface area contributed by atoms with Crippen molar-refractivity contribution in [3.05, 3.63) is 29.8 Å². The maximum absolute atomic E-state index is 11.8. The van der Waals surface area contributed by atoms with Crippen LogP contribution in [0.2, 0.25) is 0 Å². The molecule has 1 nitrogen and oxygen atoms in total. The maximum atomic E-state index is 11.8. The zero-order chi connectivity index (χ0) is 10.1. The van der Waals surface area contributed by atoms with Gasteiger partial charge in [-0.15, -0.1) is 0 Å². The van der Waals surface area contributed by atoms with Crippen molar-refractivity contribution >= 4 is 12.4 Å². The molecule has 0 aliphatic heterocycles.